The molecule has 0 bridgehead atoms. The van der Waals surface area contributed by atoms with Crippen LogP contribution in [-0.4, -0.2) is 31.8 Å². The van der Waals surface area contributed by atoms with E-state index >= 15 is 0 Å². The Hall–Kier alpha value is -1.12. The average Bonchev–Trinajstić information content (AvgIpc) is 2.03. The Morgan fingerprint density at radius 1 is 1.31 bits per heavy atom. The predicted molar refractivity (Wildman–Crippen MR) is 47.9 cm³/mol. The second kappa shape index (κ2) is 4.21. The van der Waals surface area contributed by atoms with E-state index in [-0.39, 0.29) is 16.7 Å². The number of carboxylic acid groups (broad SMARTS) is 1. The van der Waals surface area contributed by atoms with Crippen molar-refractivity contribution in [1.29, 1.82) is 0 Å². The zero-order valence-electron chi connectivity index (χ0n) is 6.69. The average molecular weight is 242 g/mol. The van der Waals surface area contributed by atoms with Gasteiger partial charge in [0.1, 0.15) is 0 Å². The van der Waals surface area contributed by atoms with Crippen LogP contribution in [-0.2, 0) is 11.2 Å². The van der Waals surface area contributed by atoms with Crippen LogP contribution in [0.3, 0.4) is 0 Å². The molecule has 1 rings (SSSR count). The summed E-state index contributed by atoms with van der Waals surface area (Å²) in [5.41, 5.74) is 0.727. The van der Waals surface area contributed by atoms with E-state index in [1.54, 1.807) is 18.2 Å². The van der Waals surface area contributed by atoms with Crippen molar-refractivity contribution in [3.63, 3.8) is 0 Å². The summed E-state index contributed by atoms with van der Waals surface area (Å²) >= 11 is 2.32. The van der Waals surface area contributed by atoms with Crippen molar-refractivity contribution in [1.82, 2.24) is 0 Å². The number of benzene rings is 1. The molecule has 1 aromatic rings. The summed E-state index contributed by atoms with van der Waals surface area (Å²) in [5.74, 6) is -1.00. The molecule has 0 saturated heterocycles. The monoisotopic (exact) mass is 243 g/mol. The maximum atomic E-state index is 10.7. The van der Waals surface area contributed by atoms with E-state index in [1.807, 2.05) is 0 Å². The molecule has 0 aromatic heterocycles. The Balaban J connectivity index is 3.04. The molecule has 4 heteroatoms. The van der Waals surface area contributed by atoms with Crippen molar-refractivity contribution < 1.29 is 14.7 Å². The molecule has 3 nitrogen and oxygen atoms in total. The van der Waals surface area contributed by atoms with Gasteiger partial charge in [-0.1, -0.05) is 0 Å². The van der Waals surface area contributed by atoms with Gasteiger partial charge in [-0.25, -0.2) is 0 Å². The molecule has 0 aliphatic rings. The van der Waals surface area contributed by atoms with Gasteiger partial charge in [-0.05, 0) is 0 Å². The second-order valence-corrected chi connectivity index (χ2v) is 3.47. The summed E-state index contributed by atoms with van der Waals surface area (Å²) < 4.78 is -0.159. The van der Waals surface area contributed by atoms with Gasteiger partial charge in [-0.3, -0.25) is 0 Å². The van der Waals surface area contributed by atoms with E-state index in [9.17, 15) is 9.59 Å². The summed E-state index contributed by atoms with van der Waals surface area (Å²) in [6, 6.07) is 6.47. The van der Waals surface area contributed by atoms with Gasteiger partial charge in [0.05, 0.1) is 0 Å². The van der Waals surface area contributed by atoms with Gasteiger partial charge >= 0.3 is 83.2 Å². The van der Waals surface area contributed by atoms with Crippen molar-refractivity contribution >= 4 is 26.7 Å². The SMILES string of the molecule is O=C([Se])Cc1ccccc1C(=O)O. The molecular weight excluding hydrogens is 235 g/mol. The number of carbonyl (C=O) groups is 2. The van der Waals surface area contributed by atoms with Gasteiger partial charge < -0.3 is 0 Å². The fourth-order valence-electron chi connectivity index (χ4n) is 1.04. The van der Waals surface area contributed by atoms with Gasteiger partial charge in [0.2, 0.25) is 0 Å². The zero-order valence-corrected chi connectivity index (χ0v) is 8.40. The summed E-state index contributed by atoms with van der Waals surface area (Å²) in [7, 11) is 0. The number of hydrogen-bond donors (Lipinski definition) is 1. The fourth-order valence-corrected chi connectivity index (χ4v) is 1.36. The Morgan fingerprint density at radius 2 is 1.92 bits per heavy atom. The molecule has 0 unspecified atom stereocenters. The van der Waals surface area contributed by atoms with Crippen LogP contribution >= 0.6 is 0 Å². The normalized spacial score (nSPS) is 9.54. The maximum absolute atomic E-state index is 10.7. The predicted octanol–water partition coefficient (Wildman–Crippen LogP) is 0.622. The van der Waals surface area contributed by atoms with Crippen molar-refractivity contribution in [3.8, 4) is 0 Å². The molecule has 1 N–H and O–H groups in total. The molecule has 0 aliphatic carbocycles. The first-order valence-electron chi connectivity index (χ1n) is 3.62. The van der Waals surface area contributed by atoms with Gasteiger partial charge in [-0.15, -0.1) is 0 Å². The molecule has 0 fully saturated rings. The third-order valence-electron chi connectivity index (χ3n) is 1.58. The third-order valence-corrected chi connectivity index (χ3v) is 1.89. The quantitative estimate of drug-likeness (QED) is 0.790. The number of carbonyl (C=O) groups excluding carboxylic acids is 1. The molecule has 0 aliphatic heterocycles. The molecule has 0 saturated carbocycles. The summed E-state index contributed by atoms with van der Waals surface area (Å²) in [6.07, 6.45) is 0.127. The topological polar surface area (TPSA) is 54.4 Å². The number of aromatic carboxylic acids is 1. The summed E-state index contributed by atoms with van der Waals surface area (Å²) in [6.45, 7) is 0. The van der Waals surface area contributed by atoms with Crippen molar-refractivity contribution in [2.24, 2.45) is 0 Å². The first-order valence-corrected chi connectivity index (χ1v) is 4.48. The van der Waals surface area contributed by atoms with E-state index in [0.717, 1.165) is 0 Å². The molecule has 1 radical (unpaired) electrons. The second-order valence-electron chi connectivity index (χ2n) is 2.51. The van der Waals surface area contributed by atoms with E-state index in [1.165, 1.54) is 6.07 Å². The Kier molecular flexibility index (Phi) is 3.23. The fraction of sp³-hybridized carbons (Fsp3) is 0.111. The molecule has 0 atom stereocenters. The molecule has 0 heterocycles. The third kappa shape index (κ3) is 2.68. The van der Waals surface area contributed by atoms with Crippen LogP contribution in [0.5, 0.6) is 0 Å². The van der Waals surface area contributed by atoms with Crippen molar-refractivity contribution in [2.45, 2.75) is 6.42 Å². The van der Waals surface area contributed by atoms with Crippen LogP contribution < -0.4 is 0 Å². The number of rotatable bonds is 3. The van der Waals surface area contributed by atoms with E-state index in [2.05, 4.69) is 16.0 Å². The standard InChI is InChI=1S/C9H7O3Se/c10-8(13)5-6-3-1-2-4-7(6)9(11)12/h1-4H,5H2,(H,11,12). The van der Waals surface area contributed by atoms with Crippen LogP contribution in [0.4, 0.5) is 0 Å². The summed E-state index contributed by atoms with van der Waals surface area (Å²) in [5, 5.41) is 8.76. The first kappa shape index (κ1) is 9.96. The summed E-state index contributed by atoms with van der Waals surface area (Å²) in [4.78, 5) is 21.4. The zero-order chi connectivity index (χ0) is 9.84. The minimum atomic E-state index is -1.00. The van der Waals surface area contributed by atoms with Gasteiger partial charge in [-0.2, -0.15) is 0 Å². The van der Waals surface area contributed by atoms with Crippen LogP contribution in [0, 0.1) is 0 Å². The molecule has 67 valence electrons. The van der Waals surface area contributed by atoms with Crippen LogP contribution in [0.1, 0.15) is 15.9 Å². The molecule has 13 heavy (non-hydrogen) atoms. The van der Waals surface area contributed by atoms with Crippen LogP contribution in [0.25, 0.3) is 0 Å². The van der Waals surface area contributed by atoms with Crippen LogP contribution in [0.15, 0.2) is 24.3 Å². The van der Waals surface area contributed by atoms with E-state index in [4.69, 9.17) is 5.11 Å². The Bertz CT molecular complexity index is 346. The van der Waals surface area contributed by atoms with Crippen LogP contribution in [0.2, 0.25) is 0 Å². The molecule has 1 aromatic carbocycles. The Morgan fingerprint density at radius 3 is 2.46 bits per heavy atom. The minimum absolute atomic E-state index is 0.127. The van der Waals surface area contributed by atoms with E-state index in [0.29, 0.717) is 5.56 Å². The number of carboxylic acids is 1. The van der Waals surface area contributed by atoms with Gasteiger partial charge in [0, 0.05) is 0 Å². The Labute approximate surface area is 83.6 Å². The molecular formula is C9H7O3Se. The van der Waals surface area contributed by atoms with Crippen molar-refractivity contribution in [3.05, 3.63) is 35.4 Å². The van der Waals surface area contributed by atoms with Gasteiger partial charge in [0.25, 0.3) is 0 Å². The van der Waals surface area contributed by atoms with Gasteiger partial charge in [0.15, 0.2) is 0 Å². The molecule has 0 amide bonds. The van der Waals surface area contributed by atoms with E-state index < -0.39 is 5.97 Å². The first-order chi connectivity index (χ1) is 6.11. The molecule has 0 spiro atoms. The van der Waals surface area contributed by atoms with Crippen molar-refractivity contribution in [2.75, 3.05) is 0 Å². The number of hydrogen-bond acceptors (Lipinski definition) is 2.